The Kier molecular flexibility index (Phi) is 13.2. The number of nitro benzene ring substituents is 1. The molecule has 0 spiro atoms. The van der Waals surface area contributed by atoms with Gasteiger partial charge in [0.1, 0.15) is 5.92 Å². The standard InChI is InChI=1S/C34H42N2O8S/c1-23-30(33(37)41-3)32(26-11-8-12-27(22-26)36(39)40)31(24(2)35-23)34(38)44-20-9-21-45-28-16-14-25(15-17-28)10-4-6-18-42-29-13-5-7-19-43-29/h8,11-12,14-17,22,29-30,32H,4-7,9-10,13,18-21H2,1-3H3. The van der Waals surface area contributed by atoms with E-state index in [-0.39, 0.29) is 24.2 Å². The summed E-state index contributed by atoms with van der Waals surface area (Å²) in [6.45, 7) is 5.08. The van der Waals surface area contributed by atoms with Crippen LogP contribution >= 0.6 is 11.8 Å². The van der Waals surface area contributed by atoms with Gasteiger partial charge >= 0.3 is 11.9 Å². The van der Waals surface area contributed by atoms with Gasteiger partial charge in [-0.2, -0.15) is 0 Å². The summed E-state index contributed by atoms with van der Waals surface area (Å²) in [5, 5.41) is 11.5. The van der Waals surface area contributed by atoms with E-state index in [1.807, 2.05) is 0 Å². The molecule has 2 aliphatic rings. The second kappa shape index (κ2) is 17.2. The van der Waals surface area contributed by atoms with Gasteiger partial charge in [0.2, 0.25) is 0 Å². The van der Waals surface area contributed by atoms with Crippen molar-refractivity contribution in [1.82, 2.24) is 0 Å². The van der Waals surface area contributed by atoms with E-state index in [2.05, 4.69) is 29.3 Å². The first-order chi connectivity index (χ1) is 21.8. The highest BCUT2D eigenvalue weighted by atomic mass is 32.2. The molecule has 0 N–H and O–H groups in total. The highest BCUT2D eigenvalue weighted by Gasteiger charge is 2.42. The third kappa shape index (κ3) is 9.72. The number of unbranched alkanes of at least 4 members (excludes halogenated alkanes) is 1. The smallest absolute Gasteiger partial charge is 0.336 e. The Morgan fingerprint density at radius 1 is 1.07 bits per heavy atom. The van der Waals surface area contributed by atoms with E-state index in [1.165, 1.54) is 37.3 Å². The zero-order valence-corrected chi connectivity index (χ0v) is 27.0. The van der Waals surface area contributed by atoms with E-state index >= 15 is 0 Å². The Labute approximate surface area is 268 Å². The second-order valence-electron chi connectivity index (χ2n) is 11.2. The number of thioether (sulfide) groups is 1. The fraction of sp³-hybridized carbons (Fsp3) is 0.500. The number of hydrogen-bond acceptors (Lipinski definition) is 10. The van der Waals surface area contributed by atoms with Crippen molar-refractivity contribution in [3.05, 3.63) is 81.0 Å². The number of nitro groups is 1. The number of hydrogen-bond donors (Lipinski definition) is 0. The fourth-order valence-electron chi connectivity index (χ4n) is 5.66. The van der Waals surface area contributed by atoms with Crippen LogP contribution in [0.4, 0.5) is 5.69 Å². The molecule has 242 valence electrons. The molecule has 2 aliphatic heterocycles. The van der Waals surface area contributed by atoms with Crippen LogP contribution in [0.15, 0.2) is 69.7 Å². The maximum atomic E-state index is 13.4. The molecular formula is C34H42N2O8S. The molecule has 45 heavy (non-hydrogen) atoms. The lowest BCUT2D eigenvalue weighted by atomic mass is 9.75. The van der Waals surface area contributed by atoms with Gasteiger partial charge in [-0.25, -0.2) is 4.79 Å². The lowest BCUT2D eigenvalue weighted by Gasteiger charge is -2.31. The molecule has 1 fully saturated rings. The van der Waals surface area contributed by atoms with Gasteiger partial charge in [-0.15, -0.1) is 11.8 Å². The number of methoxy groups -OCH3 is 1. The number of nitrogens with zero attached hydrogens (tertiary/aromatic N) is 2. The Balaban J connectivity index is 1.26. The molecule has 0 bridgehead atoms. The van der Waals surface area contributed by atoms with Crippen molar-refractivity contribution in [2.45, 2.75) is 75.9 Å². The molecule has 0 aromatic heterocycles. The van der Waals surface area contributed by atoms with Crippen molar-refractivity contribution in [1.29, 1.82) is 0 Å². The topological polar surface area (TPSA) is 127 Å². The maximum absolute atomic E-state index is 13.4. The van der Waals surface area contributed by atoms with Gasteiger partial charge in [-0.05, 0) is 82.1 Å². The summed E-state index contributed by atoms with van der Waals surface area (Å²) in [4.78, 5) is 42.8. The van der Waals surface area contributed by atoms with Crippen molar-refractivity contribution >= 4 is 35.1 Å². The number of esters is 2. The number of aliphatic imine (C=N–C) groups is 1. The quantitative estimate of drug-likeness (QED) is 0.0680. The number of carbonyl (C=O) groups is 2. The molecule has 1 saturated heterocycles. The molecular weight excluding hydrogens is 596 g/mol. The van der Waals surface area contributed by atoms with Gasteiger partial charge in [0.15, 0.2) is 6.29 Å². The van der Waals surface area contributed by atoms with Gasteiger partial charge in [0, 0.05) is 53.3 Å². The van der Waals surface area contributed by atoms with Crippen LogP contribution in [0.2, 0.25) is 0 Å². The molecule has 3 atom stereocenters. The summed E-state index contributed by atoms with van der Waals surface area (Å²) >= 11 is 1.69. The number of allylic oxidation sites excluding steroid dienone is 1. The molecule has 4 rings (SSSR count). The summed E-state index contributed by atoms with van der Waals surface area (Å²) in [6, 6.07) is 14.5. The lowest BCUT2D eigenvalue weighted by molar-refractivity contribution is -0.384. The van der Waals surface area contributed by atoms with Gasteiger partial charge in [-0.1, -0.05) is 24.3 Å². The number of benzene rings is 2. The SMILES string of the molecule is COC(=O)C1C(C)=NC(C)=C(C(=O)OCCCSc2ccc(CCCCOC3CCCCO3)cc2)C1c1cccc([N+](=O)[O-])c1. The van der Waals surface area contributed by atoms with E-state index in [0.717, 1.165) is 56.0 Å². The highest BCUT2D eigenvalue weighted by Crippen LogP contribution is 2.41. The van der Waals surface area contributed by atoms with Gasteiger partial charge in [0.25, 0.3) is 5.69 Å². The highest BCUT2D eigenvalue weighted by molar-refractivity contribution is 7.99. The molecule has 2 heterocycles. The first-order valence-corrected chi connectivity index (χ1v) is 16.5. The minimum atomic E-state index is -0.911. The Hall–Kier alpha value is -3.54. The normalized spacial score (nSPS) is 20.0. The second-order valence-corrected chi connectivity index (χ2v) is 12.4. The molecule has 11 heteroatoms. The number of aryl methyl sites for hydroxylation is 1. The molecule has 3 unspecified atom stereocenters. The molecule has 0 saturated carbocycles. The van der Waals surface area contributed by atoms with Gasteiger partial charge in [0.05, 0.1) is 24.2 Å². The molecule has 0 amide bonds. The summed E-state index contributed by atoms with van der Waals surface area (Å²) in [5.74, 6) is -2.16. The van der Waals surface area contributed by atoms with Gasteiger partial charge in [-0.3, -0.25) is 19.9 Å². The first kappa shape index (κ1) is 34.3. The zero-order chi connectivity index (χ0) is 32.2. The largest absolute Gasteiger partial charge is 0.468 e. The fourth-order valence-corrected chi connectivity index (χ4v) is 6.49. The summed E-state index contributed by atoms with van der Waals surface area (Å²) < 4.78 is 22.1. The maximum Gasteiger partial charge on any atom is 0.336 e. The van der Waals surface area contributed by atoms with E-state index in [9.17, 15) is 19.7 Å². The van der Waals surface area contributed by atoms with Crippen LogP contribution in [0, 0.1) is 16.0 Å². The molecule has 0 aliphatic carbocycles. The number of rotatable bonds is 15. The van der Waals surface area contributed by atoms with Crippen molar-refractivity contribution in [3.8, 4) is 0 Å². The Bertz CT molecular complexity index is 1380. The van der Waals surface area contributed by atoms with Crippen LogP contribution in [0.25, 0.3) is 0 Å². The molecule has 0 radical (unpaired) electrons. The van der Waals surface area contributed by atoms with Crippen molar-refractivity contribution in [2.75, 3.05) is 32.7 Å². The van der Waals surface area contributed by atoms with E-state index < -0.39 is 28.7 Å². The first-order valence-electron chi connectivity index (χ1n) is 15.5. The zero-order valence-electron chi connectivity index (χ0n) is 26.2. The summed E-state index contributed by atoms with van der Waals surface area (Å²) in [5.41, 5.74) is 2.68. The van der Waals surface area contributed by atoms with Crippen LogP contribution in [0.3, 0.4) is 0 Å². The van der Waals surface area contributed by atoms with Crippen LogP contribution in [-0.4, -0.2) is 61.5 Å². The lowest BCUT2D eigenvalue weighted by Crippen LogP contribution is -2.36. The Morgan fingerprint density at radius 2 is 1.87 bits per heavy atom. The van der Waals surface area contributed by atoms with Crippen LogP contribution < -0.4 is 0 Å². The van der Waals surface area contributed by atoms with Crippen LogP contribution in [0.5, 0.6) is 0 Å². The predicted molar refractivity (Wildman–Crippen MR) is 172 cm³/mol. The molecule has 2 aromatic carbocycles. The minimum absolute atomic E-state index is 0.0261. The van der Waals surface area contributed by atoms with Crippen molar-refractivity contribution in [2.24, 2.45) is 10.9 Å². The summed E-state index contributed by atoms with van der Waals surface area (Å²) in [6.07, 6.45) is 6.97. The van der Waals surface area contributed by atoms with Gasteiger partial charge < -0.3 is 18.9 Å². The van der Waals surface area contributed by atoms with Crippen molar-refractivity contribution < 1.29 is 33.5 Å². The molecule has 2 aromatic rings. The van der Waals surface area contributed by atoms with Crippen molar-refractivity contribution in [3.63, 3.8) is 0 Å². The molecule has 10 nitrogen and oxygen atoms in total. The number of ether oxygens (including phenoxy) is 4. The minimum Gasteiger partial charge on any atom is -0.468 e. The average molecular weight is 639 g/mol. The summed E-state index contributed by atoms with van der Waals surface area (Å²) in [7, 11) is 1.26. The predicted octanol–water partition coefficient (Wildman–Crippen LogP) is 6.81. The van der Waals surface area contributed by atoms with Crippen LogP contribution in [-0.2, 0) is 35.0 Å². The third-order valence-electron chi connectivity index (χ3n) is 7.96. The van der Waals surface area contributed by atoms with Crippen LogP contribution in [0.1, 0.15) is 69.4 Å². The average Bonchev–Trinajstić information content (AvgIpc) is 3.04. The monoisotopic (exact) mass is 638 g/mol. The van der Waals surface area contributed by atoms with E-state index in [1.54, 1.807) is 31.7 Å². The third-order valence-corrected chi connectivity index (χ3v) is 9.06. The van der Waals surface area contributed by atoms with E-state index in [4.69, 9.17) is 18.9 Å². The Morgan fingerprint density at radius 3 is 2.58 bits per heavy atom. The number of non-ortho nitro benzene ring substituents is 1. The van der Waals surface area contributed by atoms with E-state index in [0.29, 0.717) is 23.4 Å². The number of carbonyl (C=O) groups excluding carboxylic acids is 2.